The minimum Gasteiger partial charge on any atom is -0.497 e. The number of aliphatic imine (C=N–C) groups is 1. The molecule has 1 N–H and O–H groups in total. The molecule has 168 valence electrons. The number of methoxy groups -OCH3 is 1. The van der Waals surface area contributed by atoms with E-state index in [1.807, 2.05) is 37.3 Å². The van der Waals surface area contributed by atoms with E-state index in [0.29, 0.717) is 35.4 Å². The molecule has 1 aliphatic rings. The lowest BCUT2D eigenvalue weighted by Crippen LogP contribution is -2.33. The Bertz CT molecular complexity index is 991. The number of anilines is 1. The van der Waals surface area contributed by atoms with Crippen LogP contribution in [-0.4, -0.2) is 47.4 Å². The summed E-state index contributed by atoms with van der Waals surface area (Å²) < 4.78 is 10.8. The lowest BCUT2D eigenvalue weighted by Gasteiger charge is -2.14. The van der Waals surface area contributed by atoms with E-state index >= 15 is 0 Å². The highest BCUT2D eigenvalue weighted by Gasteiger charge is 2.38. The van der Waals surface area contributed by atoms with Gasteiger partial charge in [-0.25, -0.2) is 4.99 Å². The quantitative estimate of drug-likeness (QED) is 0.531. The van der Waals surface area contributed by atoms with E-state index in [-0.39, 0.29) is 18.2 Å². The first kappa shape index (κ1) is 23.4. The van der Waals surface area contributed by atoms with E-state index < -0.39 is 5.25 Å². The first-order valence-electron chi connectivity index (χ1n) is 10.4. The van der Waals surface area contributed by atoms with Crippen LogP contribution in [0.25, 0.3) is 0 Å². The Morgan fingerprint density at radius 2 is 2.03 bits per heavy atom. The molecular formula is C24H27N3O4S. The first-order valence-corrected chi connectivity index (χ1v) is 11.3. The number of hydrogen-bond donors (Lipinski definition) is 1. The SMILES string of the molecule is C=CCN1C(=O)[C@H](CC(=O)Nc2ccc(OCCC)cc2)SC1=Nc1cccc(OC)c1. The average molecular weight is 454 g/mol. The summed E-state index contributed by atoms with van der Waals surface area (Å²) >= 11 is 1.28. The third kappa shape index (κ3) is 6.13. The van der Waals surface area contributed by atoms with Crippen molar-refractivity contribution in [2.75, 3.05) is 25.6 Å². The molecule has 0 unspecified atom stereocenters. The van der Waals surface area contributed by atoms with Crippen LogP contribution in [0.2, 0.25) is 0 Å². The van der Waals surface area contributed by atoms with Crippen LogP contribution >= 0.6 is 11.8 Å². The normalized spacial score (nSPS) is 16.8. The van der Waals surface area contributed by atoms with Crippen LogP contribution in [-0.2, 0) is 9.59 Å². The van der Waals surface area contributed by atoms with E-state index in [0.717, 1.165) is 12.2 Å². The number of benzene rings is 2. The van der Waals surface area contributed by atoms with Crippen LogP contribution in [0.3, 0.4) is 0 Å². The van der Waals surface area contributed by atoms with Crippen molar-refractivity contribution in [1.82, 2.24) is 4.90 Å². The molecule has 0 bridgehead atoms. The van der Waals surface area contributed by atoms with E-state index in [9.17, 15) is 9.59 Å². The Balaban J connectivity index is 1.67. The second kappa shape index (κ2) is 11.4. The van der Waals surface area contributed by atoms with E-state index in [1.165, 1.54) is 11.8 Å². The topological polar surface area (TPSA) is 80.2 Å². The number of amidine groups is 1. The highest BCUT2D eigenvalue weighted by atomic mass is 32.2. The molecule has 0 radical (unpaired) electrons. The predicted molar refractivity (Wildman–Crippen MR) is 129 cm³/mol. The average Bonchev–Trinajstić information content (AvgIpc) is 3.07. The number of ether oxygens (including phenoxy) is 2. The molecule has 32 heavy (non-hydrogen) atoms. The molecule has 2 amide bonds. The molecular weight excluding hydrogens is 426 g/mol. The highest BCUT2D eigenvalue weighted by molar-refractivity contribution is 8.15. The van der Waals surface area contributed by atoms with Crippen molar-refractivity contribution in [3.63, 3.8) is 0 Å². The second-order valence-electron chi connectivity index (χ2n) is 7.07. The Labute approximate surface area is 192 Å². The van der Waals surface area contributed by atoms with Crippen LogP contribution in [0.5, 0.6) is 11.5 Å². The highest BCUT2D eigenvalue weighted by Crippen LogP contribution is 2.32. The fourth-order valence-corrected chi connectivity index (χ4v) is 4.21. The Morgan fingerprint density at radius 1 is 1.25 bits per heavy atom. The van der Waals surface area contributed by atoms with Crippen LogP contribution in [0.1, 0.15) is 19.8 Å². The number of amides is 2. The summed E-state index contributed by atoms with van der Waals surface area (Å²) in [5, 5.41) is 2.83. The summed E-state index contributed by atoms with van der Waals surface area (Å²) in [4.78, 5) is 31.6. The summed E-state index contributed by atoms with van der Waals surface area (Å²) in [7, 11) is 1.59. The van der Waals surface area contributed by atoms with Crippen molar-refractivity contribution < 1.29 is 19.1 Å². The lowest BCUT2D eigenvalue weighted by atomic mass is 10.2. The largest absolute Gasteiger partial charge is 0.497 e. The van der Waals surface area contributed by atoms with Crippen molar-refractivity contribution in [2.24, 2.45) is 4.99 Å². The van der Waals surface area contributed by atoms with Gasteiger partial charge in [-0.05, 0) is 42.8 Å². The zero-order chi connectivity index (χ0) is 22.9. The summed E-state index contributed by atoms with van der Waals surface area (Å²) in [5.41, 5.74) is 1.33. The molecule has 0 aliphatic carbocycles. The van der Waals surface area contributed by atoms with Gasteiger partial charge < -0.3 is 14.8 Å². The van der Waals surface area contributed by atoms with Gasteiger partial charge in [0.2, 0.25) is 11.8 Å². The van der Waals surface area contributed by atoms with Crippen LogP contribution < -0.4 is 14.8 Å². The summed E-state index contributed by atoms with van der Waals surface area (Å²) in [5.74, 6) is 1.04. The maximum atomic E-state index is 12.9. The maximum absolute atomic E-state index is 12.9. The molecule has 3 rings (SSSR count). The molecule has 8 heteroatoms. The predicted octanol–water partition coefficient (Wildman–Crippen LogP) is 4.63. The van der Waals surface area contributed by atoms with E-state index in [2.05, 4.69) is 16.9 Å². The van der Waals surface area contributed by atoms with Gasteiger partial charge in [-0.3, -0.25) is 14.5 Å². The maximum Gasteiger partial charge on any atom is 0.242 e. The smallest absolute Gasteiger partial charge is 0.242 e. The molecule has 2 aromatic carbocycles. The van der Waals surface area contributed by atoms with Crippen molar-refractivity contribution in [3.8, 4) is 11.5 Å². The fourth-order valence-electron chi connectivity index (χ4n) is 3.05. The van der Waals surface area contributed by atoms with E-state index in [1.54, 1.807) is 36.3 Å². The number of thioether (sulfide) groups is 1. The van der Waals surface area contributed by atoms with Gasteiger partial charge in [0.25, 0.3) is 0 Å². The Kier molecular flexibility index (Phi) is 8.33. The monoisotopic (exact) mass is 453 g/mol. The van der Waals surface area contributed by atoms with Gasteiger partial charge in [0.05, 0.1) is 19.4 Å². The molecule has 1 fully saturated rings. The lowest BCUT2D eigenvalue weighted by molar-refractivity contribution is -0.127. The van der Waals surface area contributed by atoms with Gasteiger partial charge in [-0.1, -0.05) is 30.8 Å². The Hall–Kier alpha value is -3.26. The van der Waals surface area contributed by atoms with Crippen molar-refractivity contribution in [2.45, 2.75) is 25.0 Å². The van der Waals surface area contributed by atoms with Crippen molar-refractivity contribution in [3.05, 3.63) is 61.2 Å². The Morgan fingerprint density at radius 3 is 2.72 bits per heavy atom. The van der Waals surface area contributed by atoms with Gasteiger partial charge in [0.15, 0.2) is 5.17 Å². The molecule has 0 aromatic heterocycles. The minimum absolute atomic E-state index is 0.0440. The molecule has 1 aliphatic heterocycles. The molecule has 1 heterocycles. The minimum atomic E-state index is -0.550. The molecule has 7 nitrogen and oxygen atoms in total. The van der Waals surface area contributed by atoms with Crippen molar-refractivity contribution in [1.29, 1.82) is 0 Å². The third-order valence-corrected chi connectivity index (χ3v) is 5.77. The molecule has 1 saturated heterocycles. The molecule has 2 aromatic rings. The standard InChI is InChI=1S/C24H27N3O4S/c1-4-13-27-23(29)21(32-24(27)26-18-7-6-8-20(15-18)30-3)16-22(28)25-17-9-11-19(12-10-17)31-14-5-2/h4,6-12,15,21H,1,5,13-14,16H2,2-3H3,(H,25,28)/t21-/m0/s1. The zero-order valence-corrected chi connectivity index (χ0v) is 19.1. The number of carbonyl (C=O) groups excluding carboxylic acids is 2. The number of nitrogens with zero attached hydrogens (tertiary/aromatic N) is 2. The summed E-state index contributed by atoms with van der Waals surface area (Å²) in [6.45, 7) is 6.74. The number of carbonyl (C=O) groups is 2. The number of rotatable bonds is 10. The number of hydrogen-bond acceptors (Lipinski definition) is 6. The fraction of sp³-hybridized carbons (Fsp3) is 0.292. The first-order chi connectivity index (χ1) is 15.5. The van der Waals surface area contributed by atoms with Gasteiger partial charge in [0.1, 0.15) is 16.7 Å². The van der Waals surface area contributed by atoms with Crippen LogP contribution in [0.4, 0.5) is 11.4 Å². The molecule has 0 spiro atoms. The third-order valence-electron chi connectivity index (χ3n) is 4.59. The molecule has 0 saturated carbocycles. The second-order valence-corrected chi connectivity index (χ2v) is 8.23. The van der Waals surface area contributed by atoms with Crippen molar-refractivity contribution >= 4 is 40.1 Å². The van der Waals surface area contributed by atoms with E-state index in [4.69, 9.17) is 9.47 Å². The van der Waals surface area contributed by atoms with Gasteiger partial charge in [0, 0.05) is 24.7 Å². The van der Waals surface area contributed by atoms with Gasteiger partial charge in [-0.15, -0.1) is 6.58 Å². The van der Waals surface area contributed by atoms with Crippen LogP contribution in [0.15, 0.2) is 66.2 Å². The summed E-state index contributed by atoms with van der Waals surface area (Å²) in [6.07, 6.45) is 2.62. The van der Waals surface area contributed by atoms with Gasteiger partial charge >= 0.3 is 0 Å². The van der Waals surface area contributed by atoms with Crippen LogP contribution in [0, 0.1) is 0 Å². The van der Waals surface area contributed by atoms with Gasteiger partial charge in [-0.2, -0.15) is 0 Å². The number of nitrogens with one attached hydrogen (secondary N) is 1. The molecule has 1 atom stereocenters. The zero-order valence-electron chi connectivity index (χ0n) is 18.2. The summed E-state index contributed by atoms with van der Waals surface area (Å²) in [6, 6.07) is 14.5.